The number of aromatic nitrogens is 1. The van der Waals surface area contributed by atoms with E-state index < -0.39 is 16.8 Å². The largest absolute Gasteiger partial charge is 0.465 e. The van der Waals surface area contributed by atoms with E-state index in [1.807, 2.05) is 0 Å². The molecule has 0 radical (unpaired) electrons. The Kier molecular flexibility index (Phi) is 6.15. The normalized spacial score (nSPS) is 11.6. The number of fused-ring (bicyclic) bond motifs is 1. The number of nitrogens with zero attached hydrogens (tertiary/aromatic N) is 3. The first kappa shape index (κ1) is 20.4. The number of ether oxygens (including phenoxy) is 2. The van der Waals surface area contributed by atoms with Crippen LogP contribution >= 0.6 is 11.3 Å². The number of nitro groups is 1. The minimum absolute atomic E-state index is 0.0495. The number of non-ortho nitro benzene ring substituents is 1. The van der Waals surface area contributed by atoms with Gasteiger partial charge in [0.25, 0.3) is 11.6 Å². The maximum Gasteiger partial charge on any atom is 0.338 e. The highest BCUT2D eigenvalue weighted by Gasteiger charge is 2.18. The molecule has 2 aromatic carbocycles. The van der Waals surface area contributed by atoms with Crippen LogP contribution in [0.3, 0.4) is 0 Å². The van der Waals surface area contributed by atoms with Crippen molar-refractivity contribution in [3.8, 4) is 0 Å². The highest BCUT2D eigenvalue weighted by Crippen LogP contribution is 2.23. The summed E-state index contributed by atoms with van der Waals surface area (Å²) in [5, 5.41) is 11.1. The zero-order valence-electron chi connectivity index (χ0n) is 15.7. The van der Waals surface area contributed by atoms with E-state index in [0.717, 1.165) is 11.3 Å². The average Bonchev–Trinajstić information content (AvgIpc) is 3.07. The first-order chi connectivity index (χ1) is 14.0. The van der Waals surface area contributed by atoms with Gasteiger partial charge in [-0.1, -0.05) is 23.5 Å². The summed E-state index contributed by atoms with van der Waals surface area (Å²) < 4.78 is 12.2. The van der Waals surface area contributed by atoms with E-state index >= 15 is 0 Å². The number of amides is 1. The van der Waals surface area contributed by atoms with Crippen LogP contribution in [0.4, 0.5) is 5.69 Å². The van der Waals surface area contributed by atoms with Crippen LogP contribution in [0, 0.1) is 10.1 Å². The second-order valence-electron chi connectivity index (χ2n) is 5.89. The number of carbonyl (C=O) groups is 2. The molecule has 0 atom stereocenters. The van der Waals surface area contributed by atoms with E-state index in [1.165, 1.54) is 31.4 Å². The van der Waals surface area contributed by atoms with E-state index in [-0.39, 0.29) is 16.8 Å². The molecule has 0 aliphatic carbocycles. The summed E-state index contributed by atoms with van der Waals surface area (Å²) in [6.07, 6.45) is 0. The fraction of sp³-hybridized carbons (Fsp3) is 0.211. The van der Waals surface area contributed by atoms with Crippen molar-refractivity contribution in [2.45, 2.75) is 6.54 Å². The molecule has 0 saturated heterocycles. The molecule has 0 N–H and O–H groups in total. The van der Waals surface area contributed by atoms with Gasteiger partial charge in [-0.05, 0) is 18.2 Å². The van der Waals surface area contributed by atoms with E-state index in [2.05, 4.69) is 4.99 Å². The van der Waals surface area contributed by atoms with E-state index in [4.69, 9.17) is 9.47 Å². The van der Waals surface area contributed by atoms with Gasteiger partial charge in [0, 0.05) is 25.8 Å². The van der Waals surface area contributed by atoms with Crippen molar-refractivity contribution < 1.29 is 24.0 Å². The van der Waals surface area contributed by atoms with Crippen molar-refractivity contribution in [1.82, 2.24) is 4.57 Å². The average molecular weight is 415 g/mol. The smallest absolute Gasteiger partial charge is 0.338 e. The Morgan fingerprint density at radius 1 is 1.17 bits per heavy atom. The van der Waals surface area contributed by atoms with Gasteiger partial charge in [-0.3, -0.25) is 14.9 Å². The molecule has 0 spiro atoms. The summed E-state index contributed by atoms with van der Waals surface area (Å²) in [5.74, 6) is -1.25. The van der Waals surface area contributed by atoms with E-state index in [1.54, 1.807) is 29.9 Å². The maximum absolute atomic E-state index is 12.8. The molecule has 1 heterocycles. The Morgan fingerprint density at radius 3 is 2.55 bits per heavy atom. The Labute approximate surface area is 169 Å². The standard InChI is InChI=1S/C19H17N3O6S/c1-27-10-9-21-15-8-7-12(22(25)26)11-16(15)29-19(21)20-17(23)13-5-3-4-6-14(13)18(24)28-2/h3-8,11H,9-10H2,1-2H3. The molecule has 0 fully saturated rings. The van der Waals surface area contributed by atoms with Crippen LogP contribution in [0.5, 0.6) is 0 Å². The third kappa shape index (κ3) is 4.23. The summed E-state index contributed by atoms with van der Waals surface area (Å²) in [6.45, 7) is 0.766. The van der Waals surface area contributed by atoms with Gasteiger partial charge in [0.15, 0.2) is 4.80 Å². The zero-order valence-corrected chi connectivity index (χ0v) is 16.5. The molecule has 150 valence electrons. The molecule has 3 aromatic rings. The van der Waals surface area contributed by atoms with Crippen LogP contribution in [0.2, 0.25) is 0 Å². The monoisotopic (exact) mass is 415 g/mol. The number of rotatable bonds is 6. The molecule has 1 aromatic heterocycles. The van der Waals surface area contributed by atoms with Gasteiger partial charge in [-0.15, -0.1) is 0 Å². The molecule has 1 amide bonds. The molecular weight excluding hydrogens is 398 g/mol. The number of esters is 1. The number of thiazole rings is 1. The van der Waals surface area contributed by atoms with Crippen LogP contribution in [-0.4, -0.2) is 42.2 Å². The van der Waals surface area contributed by atoms with Gasteiger partial charge in [0.1, 0.15) is 0 Å². The zero-order chi connectivity index (χ0) is 21.0. The number of hydrogen-bond donors (Lipinski definition) is 0. The fourth-order valence-electron chi connectivity index (χ4n) is 2.76. The highest BCUT2D eigenvalue weighted by atomic mass is 32.1. The molecular formula is C19H17N3O6S. The van der Waals surface area contributed by atoms with Crippen LogP contribution in [0.1, 0.15) is 20.7 Å². The Morgan fingerprint density at radius 2 is 1.90 bits per heavy atom. The maximum atomic E-state index is 12.8. The van der Waals surface area contributed by atoms with Gasteiger partial charge in [-0.25, -0.2) is 4.79 Å². The van der Waals surface area contributed by atoms with Gasteiger partial charge in [-0.2, -0.15) is 4.99 Å². The quantitative estimate of drug-likeness (QED) is 0.348. The van der Waals surface area contributed by atoms with Crippen LogP contribution in [0.25, 0.3) is 10.2 Å². The van der Waals surface area contributed by atoms with Crippen LogP contribution < -0.4 is 4.80 Å². The summed E-state index contributed by atoms with van der Waals surface area (Å²) in [5.41, 5.74) is 0.877. The predicted octanol–water partition coefficient (Wildman–Crippen LogP) is 2.79. The van der Waals surface area contributed by atoms with Gasteiger partial charge in [0.05, 0.1) is 40.0 Å². The van der Waals surface area contributed by atoms with Crippen LogP contribution in [0.15, 0.2) is 47.5 Å². The predicted molar refractivity (Wildman–Crippen MR) is 106 cm³/mol. The third-order valence-electron chi connectivity index (χ3n) is 4.16. The van der Waals surface area contributed by atoms with Crippen molar-refractivity contribution in [3.05, 3.63) is 68.5 Å². The summed E-state index contributed by atoms with van der Waals surface area (Å²) >= 11 is 1.15. The fourth-order valence-corrected chi connectivity index (χ4v) is 3.85. The summed E-state index contributed by atoms with van der Waals surface area (Å²) in [7, 11) is 2.78. The van der Waals surface area contributed by atoms with Crippen molar-refractivity contribution in [2.75, 3.05) is 20.8 Å². The molecule has 3 rings (SSSR count). The van der Waals surface area contributed by atoms with Crippen molar-refractivity contribution in [3.63, 3.8) is 0 Å². The van der Waals surface area contributed by atoms with E-state index in [0.29, 0.717) is 28.2 Å². The minimum atomic E-state index is -0.636. The topological polar surface area (TPSA) is 113 Å². The number of carbonyl (C=O) groups excluding carboxylic acids is 2. The van der Waals surface area contributed by atoms with E-state index in [9.17, 15) is 19.7 Å². The first-order valence-corrected chi connectivity index (χ1v) is 9.31. The lowest BCUT2D eigenvalue weighted by Crippen LogP contribution is -2.20. The second kappa shape index (κ2) is 8.76. The summed E-state index contributed by atoms with van der Waals surface area (Å²) in [6, 6.07) is 10.7. The highest BCUT2D eigenvalue weighted by molar-refractivity contribution is 7.16. The lowest BCUT2D eigenvalue weighted by atomic mass is 10.1. The van der Waals surface area contributed by atoms with Gasteiger partial charge >= 0.3 is 5.97 Å². The molecule has 0 saturated carbocycles. The summed E-state index contributed by atoms with van der Waals surface area (Å²) in [4.78, 5) is 39.9. The van der Waals surface area contributed by atoms with Gasteiger partial charge in [0.2, 0.25) is 0 Å². The molecule has 29 heavy (non-hydrogen) atoms. The molecule has 9 nitrogen and oxygen atoms in total. The number of nitro benzene ring substituents is 1. The van der Waals surface area contributed by atoms with Crippen LogP contribution in [-0.2, 0) is 16.0 Å². The molecule has 0 aliphatic heterocycles. The molecule has 0 bridgehead atoms. The SMILES string of the molecule is COCCn1c(=NC(=O)c2ccccc2C(=O)OC)sc2cc([N+](=O)[O-])ccc21. The number of hydrogen-bond acceptors (Lipinski definition) is 7. The molecule has 0 unspecified atom stereocenters. The third-order valence-corrected chi connectivity index (χ3v) is 5.20. The Balaban J connectivity index is 2.15. The number of methoxy groups -OCH3 is 2. The Hall–Kier alpha value is -3.37. The lowest BCUT2D eigenvalue weighted by Gasteiger charge is -2.05. The van der Waals surface area contributed by atoms with Crippen molar-refractivity contribution in [1.29, 1.82) is 0 Å². The molecule has 10 heteroatoms. The van der Waals surface area contributed by atoms with Crippen molar-refractivity contribution in [2.24, 2.45) is 4.99 Å². The molecule has 0 aliphatic rings. The minimum Gasteiger partial charge on any atom is -0.465 e. The van der Waals surface area contributed by atoms with Gasteiger partial charge < -0.3 is 14.0 Å². The second-order valence-corrected chi connectivity index (χ2v) is 6.90. The lowest BCUT2D eigenvalue weighted by molar-refractivity contribution is -0.384. The number of benzene rings is 2. The first-order valence-electron chi connectivity index (χ1n) is 8.49. The van der Waals surface area contributed by atoms with Crippen molar-refractivity contribution >= 4 is 39.1 Å². The Bertz CT molecular complexity index is 1160.